The molecule has 1 N–H and O–H groups in total. The molecule has 4 rings (SSSR count). The molecule has 0 saturated heterocycles. The lowest BCUT2D eigenvalue weighted by Crippen LogP contribution is -2.23. The fourth-order valence-electron chi connectivity index (χ4n) is 3.24. The summed E-state index contributed by atoms with van der Waals surface area (Å²) in [7, 11) is 3.19. The van der Waals surface area contributed by atoms with Gasteiger partial charge in [0, 0.05) is 22.7 Å². The Labute approximate surface area is 189 Å². The molecule has 162 valence electrons. The predicted molar refractivity (Wildman–Crippen MR) is 120 cm³/mol. The van der Waals surface area contributed by atoms with Crippen LogP contribution in [-0.2, 0) is 6.54 Å². The highest BCUT2D eigenvalue weighted by Crippen LogP contribution is 2.35. The Bertz CT molecular complexity index is 1230. The average molecular weight is 450 g/mol. The Kier molecular flexibility index (Phi) is 6.32. The van der Waals surface area contributed by atoms with Gasteiger partial charge < -0.3 is 14.8 Å². The van der Waals surface area contributed by atoms with Gasteiger partial charge in [0.05, 0.1) is 19.9 Å². The number of carbonyl (C=O) groups excluding carboxylic acids is 1. The Morgan fingerprint density at radius 1 is 1.03 bits per heavy atom. The van der Waals surface area contributed by atoms with Crippen molar-refractivity contribution in [1.29, 1.82) is 0 Å². The van der Waals surface area contributed by atoms with Crippen molar-refractivity contribution in [3.63, 3.8) is 0 Å². The van der Waals surface area contributed by atoms with Crippen molar-refractivity contribution < 1.29 is 14.3 Å². The van der Waals surface area contributed by atoms with Gasteiger partial charge in [-0.25, -0.2) is 4.68 Å². The van der Waals surface area contributed by atoms with Gasteiger partial charge in [-0.2, -0.15) is 0 Å². The number of amides is 1. The number of rotatable bonds is 7. The van der Waals surface area contributed by atoms with E-state index in [0.717, 1.165) is 16.7 Å². The molecular weight excluding hydrogens is 430 g/mol. The average Bonchev–Trinajstić information content (AvgIpc) is 3.38. The summed E-state index contributed by atoms with van der Waals surface area (Å²) in [4.78, 5) is 13.0. The van der Waals surface area contributed by atoms with E-state index in [9.17, 15) is 4.79 Å². The van der Waals surface area contributed by atoms with Gasteiger partial charge >= 0.3 is 0 Å². The van der Waals surface area contributed by atoms with Crippen LogP contribution in [0.4, 0.5) is 0 Å². The summed E-state index contributed by atoms with van der Waals surface area (Å²) in [6.45, 7) is 0.364. The second-order valence-electron chi connectivity index (χ2n) is 6.90. The van der Waals surface area contributed by atoms with E-state index in [1.165, 1.54) is 11.0 Å². The highest BCUT2D eigenvalue weighted by molar-refractivity contribution is 6.30. The lowest BCUT2D eigenvalue weighted by Gasteiger charge is -2.14. The van der Waals surface area contributed by atoms with E-state index in [2.05, 4.69) is 20.8 Å². The molecule has 1 heterocycles. The third-order valence-electron chi connectivity index (χ3n) is 4.88. The summed E-state index contributed by atoms with van der Waals surface area (Å²) in [6, 6.07) is 18.2. The Balaban J connectivity index is 1.72. The molecule has 0 bridgehead atoms. The van der Waals surface area contributed by atoms with Crippen molar-refractivity contribution in [3.05, 3.63) is 83.1 Å². The molecular formula is C23H20ClN5O3. The predicted octanol–water partition coefficient (Wildman–Crippen LogP) is 3.93. The molecule has 0 saturated carbocycles. The molecule has 0 fully saturated rings. The lowest BCUT2D eigenvalue weighted by atomic mass is 10.00. The van der Waals surface area contributed by atoms with Gasteiger partial charge in [-0.15, -0.1) is 5.10 Å². The molecule has 0 spiro atoms. The molecule has 3 aromatic carbocycles. The van der Waals surface area contributed by atoms with E-state index in [0.29, 0.717) is 34.3 Å². The van der Waals surface area contributed by atoms with Gasteiger partial charge in [0.2, 0.25) is 0 Å². The standard InChI is InChI=1S/C23H20ClN5O3/c1-31-20-7-8-22(32-2)21(12-20)16-9-17(11-19(10-16)29-14-26-27-28-29)23(30)25-13-15-3-5-18(24)6-4-15/h3-12,14H,13H2,1-2H3,(H,25,30). The summed E-state index contributed by atoms with van der Waals surface area (Å²) in [5.41, 5.74) is 3.55. The number of nitrogens with zero attached hydrogens (tertiary/aromatic N) is 4. The first-order chi connectivity index (χ1) is 15.6. The number of carbonyl (C=O) groups is 1. The van der Waals surface area contributed by atoms with Gasteiger partial charge in [0.25, 0.3) is 5.91 Å². The largest absolute Gasteiger partial charge is 0.497 e. The zero-order chi connectivity index (χ0) is 22.5. The highest BCUT2D eigenvalue weighted by atomic mass is 35.5. The summed E-state index contributed by atoms with van der Waals surface area (Å²) >= 11 is 5.93. The molecule has 8 nitrogen and oxygen atoms in total. The maximum absolute atomic E-state index is 13.0. The molecule has 0 aliphatic carbocycles. The van der Waals surface area contributed by atoms with E-state index in [4.69, 9.17) is 21.1 Å². The van der Waals surface area contributed by atoms with Crippen molar-refractivity contribution in [3.8, 4) is 28.3 Å². The molecule has 1 amide bonds. The normalized spacial score (nSPS) is 10.6. The van der Waals surface area contributed by atoms with E-state index >= 15 is 0 Å². The fourth-order valence-corrected chi connectivity index (χ4v) is 3.36. The van der Waals surface area contributed by atoms with Gasteiger partial charge in [-0.1, -0.05) is 23.7 Å². The first-order valence-electron chi connectivity index (χ1n) is 9.71. The number of aromatic nitrogens is 4. The first-order valence-corrected chi connectivity index (χ1v) is 10.1. The Morgan fingerprint density at radius 2 is 1.84 bits per heavy atom. The molecule has 0 unspecified atom stereocenters. The van der Waals surface area contributed by atoms with Crippen molar-refractivity contribution >= 4 is 17.5 Å². The number of hydrogen-bond donors (Lipinski definition) is 1. The first kappa shape index (κ1) is 21.3. The molecule has 1 aromatic heterocycles. The summed E-state index contributed by atoms with van der Waals surface area (Å²) in [6.07, 6.45) is 1.47. The van der Waals surface area contributed by atoms with E-state index < -0.39 is 0 Å². The molecule has 4 aromatic rings. The number of nitrogens with one attached hydrogen (secondary N) is 1. The third kappa shape index (κ3) is 4.70. The third-order valence-corrected chi connectivity index (χ3v) is 5.13. The number of methoxy groups -OCH3 is 2. The van der Waals surface area contributed by atoms with Gasteiger partial charge in [0.1, 0.15) is 17.8 Å². The van der Waals surface area contributed by atoms with Crippen LogP contribution >= 0.6 is 11.6 Å². The quantitative estimate of drug-likeness (QED) is 0.459. The van der Waals surface area contributed by atoms with Crippen LogP contribution in [0.1, 0.15) is 15.9 Å². The van der Waals surface area contributed by atoms with Gasteiger partial charge in [0.15, 0.2) is 0 Å². The SMILES string of the molecule is COc1ccc(OC)c(-c2cc(C(=O)NCc3ccc(Cl)cc3)cc(-n3cnnn3)c2)c1. The maximum Gasteiger partial charge on any atom is 0.251 e. The van der Waals surface area contributed by atoms with Crippen molar-refractivity contribution in [2.75, 3.05) is 14.2 Å². The van der Waals surface area contributed by atoms with Crippen LogP contribution in [0, 0.1) is 0 Å². The van der Waals surface area contributed by atoms with Gasteiger partial charge in [-0.3, -0.25) is 4.79 Å². The van der Waals surface area contributed by atoms with Crippen LogP contribution in [-0.4, -0.2) is 40.3 Å². The lowest BCUT2D eigenvalue weighted by molar-refractivity contribution is 0.0951. The summed E-state index contributed by atoms with van der Waals surface area (Å²) in [5.74, 6) is 1.08. The van der Waals surface area contributed by atoms with E-state index in [-0.39, 0.29) is 5.91 Å². The fraction of sp³-hybridized carbons (Fsp3) is 0.130. The minimum Gasteiger partial charge on any atom is -0.497 e. The molecule has 32 heavy (non-hydrogen) atoms. The smallest absolute Gasteiger partial charge is 0.251 e. The minimum atomic E-state index is -0.238. The number of hydrogen-bond acceptors (Lipinski definition) is 6. The van der Waals surface area contributed by atoms with Crippen LogP contribution in [0.5, 0.6) is 11.5 Å². The summed E-state index contributed by atoms with van der Waals surface area (Å²) < 4.78 is 12.4. The maximum atomic E-state index is 13.0. The topological polar surface area (TPSA) is 91.2 Å². The number of ether oxygens (including phenoxy) is 2. The van der Waals surface area contributed by atoms with Crippen LogP contribution in [0.3, 0.4) is 0 Å². The van der Waals surface area contributed by atoms with Gasteiger partial charge in [-0.05, 0) is 70.1 Å². The minimum absolute atomic E-state index is 0.238. The monoisotopic (exact) mass is 449 g/mol. The molecule has 9 heteroatoms. The summed E-state index contributed by atoms with van der Waals surface area (Å²) in [5, 5.41) is 14.9. The van der Waals surface area contributed by atoms with Crippen molar-refractivity contribution in [1.82, 2.24) is 25.5 Å². The van der Waals surface area contributed by atoms with Crippen LogP contribution in [0.2, 0.25) is 5.02 Å². The molecule has 0 aliphatic rings. The number of benzene rings is 3. The zero-order valence-corrected chi connectivity index (χ0v) is 18.2. The second-order valence-corrected chi connectivity index (χ2v) is 7.33. The zero-order valence-electron chi connectivity index (χ0n) is 17.4. The van der Waals surface area contributed by atoms with Crippen molar-refractivity contribution in [2.45, 2.75) is 6.54 Å². The van der Waals surface area contributed by atoms with E-state index in [1.807, 2.05) is 36.4 Å². The number of halogens is 1. The highest BCUT2D eigenvalue weighted by Gasteiger charge is 2.15. The Morgan fingerprint density at radius 3 is 2.53 bits per heavy atom. The van der Waals surface area contributed by atoms with Crippen LogP contribution in [0.25, 0.3) is 16.8 Å². The van der Waals surface area contributed by atoms with Crippen LogP contribution in [0.15, 0.2) is 67.0 Å². The molecule has 0 aliphatic heterocycles. The second kappa shape index (κ2) is 9.49. The molecule has 0 radical (unpaired) electrons. The van der Waals surface area contributed by atoms with E-state index in [1.54, 1.807) is 38.5 Å². The van der Waals surface area contributed by atoms with Crippen LogP contribution < -0.4 is 14.8 Å². The van der Waals surface area contributed by atoms with Crippen molar-refractivity contribution in [2.24, 2.45) is 0 Å². The Hall–Kier alpha value is -3.91. The number of tetrazole rings is 1. The molecule has 0 atom stereocenters.